The van der Waals surface area contributed by atoms with Crippen molar-refractivity contribution in [3.05, 3.63) is 30.1 Å². The van der Waals surface area contributed by atoms with Crippen molar-refractivity contribution < 1.29 is 14.7 Å². The van der Waals surface area contributed by atoms with Crippen molar-refractivity contribution >= 4 is 17.5 Å². The van der Waals surface area contributed by atoms with E-state index >= 15 is 0 Å². The van der Waals surface area contributed by atoms with Crippen LogP contribution in [0.5, 0.6) is 0 Å². The normalized spacial score (nSPS) is 11.8. The van der Waals surface area contributed by atoms with Crippen molar-refractivity contribution in [2.24, 2.45) is 5.92 Å². The van der Waals surface area contributed by atoms with E-state index in [0.29, 0.717) is 5.56 Å². The number of nitrogens with one attached hydrogen (secondary N) is 1. The van der Waals surface area contributed by atoms with Gasteiger partial charge in [-0.3, -0.25) is 14.6 Å². The van der Waals surface area contributed by atoms with E-state index < -0.39 is 17.7 Å². The zero-order valence-electron chi connectivity index (χ0n) is 8.80. The van der Waals surface area contributed by atoms with Crippen LogP contribution in [0.1, 0.15) is 23.7 Å². The van der Waals surface area contributed by atoms with Crippen LogP contribution in [-0.4, -0.2) is 27.6 Å². The molecule has 1 aromatic heterocycles. The average molecular weight is 220 g/mol. The molecule has 16 heavy (non-hydrogen) atoms. The zero-order chi connectivity index (χ0) is 12.1. The van der Waals surface area contributed by atoms with Crippen LogP contribution in [0.4, 0.5) is 0 Å². The van der Waals surface area contributed by atoms with Crippen LogP contribution in [0.3, 0.4) is 0 Å². The Kier molecular flexibility index (Phi) is 3.88. The summed E-state index contributed by atoms with van der Waals surface area (Å²) in [6.07, 6.45) is 3.09. The Labute approximate surface area is 92.6 Å². The molecule has 0 saturated heterocycles. The third-order valence-electron chi connectivity index (χ3n) is 2.24. The first-order chi connectivity index (χ1) is 7.57. The summed E-state index contributed by atoms with van der Waals surface area (Å²) in [5, 5.41) is 16.4. The Hall–Kier alpha value is -2.04. The molecule has 2 N–H and O–H groups in total. The van der Waals surface area contributed by atoms with Gasteiger partial charge in [0, 0.05) is 18.0 Å². The standard InChI is InChI=1S/C11H12N2O3/c1-2-8(11(15)16)9(12)10(14)7-3-5-13-6-4-7/h3-6,8,12H,2H2,1H3,(H,15,16). The van der Waals surface area contributed by atoms with Gasteiger partial charge >= 0.3 is 5.97 Å². The van der Waals surface area contributed by atoms with E-state index in [2.05, 4.69) is 4.98 Å². The summed E-state index contributed by atoms with van der Waals surface area (Å²) in [5.41, 5.74) is -0.0964. The Morgan fingerprint density at radius 1 is 1.44 bits per heavy atom. The largest absolute Gasteiger partial charge is 0.481 e. The van der Waals surface area contributed by atoms with Crippen LogP contribution >= 0.6 is 0 Å². The number of carbonyl (C=O) groups is 2. The van der Waals surface area contributed by atoms with Crippen LogP contribution in [0.15, 0.2) is 24.5 Å². The molecule has 0 fully saturated rings. The number of hydrogen-bond donors (Lipinski definition) is 2. The van der Waals surface area contributed by atoms with Crippen LogP contribution in [0, 0.1) is 11.3 Å². The summed E-state index contributed by atoms with van der Waals surface area (Å²) in [6.45, 7) is 1.63. The van der Waals surface area contributed by atoms with Gasteiger partial charge in [-0.15, -0.1) is 0 Å². The molecule has 5 heteroatoms. The number of aromatic nitrogens is 1. The monoisotopic (exact) mass is 220 g/mol. The first-order valence-corrected chi connectivity index (χ1v) is 4.83. The van der Waals surface area contributed by atoms with E-state index in [1.165, 1.54) is 24.5 Å². The van der Waals surface area contributed by atoms with E-state index in [4.69, 9.17) is 10.5 Å². The van der Waals surface area contributed by atoms with Gasteiger partial charge in [0.15, 0.2) is 0 Å². The number of rotatable bonds is 5. The maximum atomic E-state index is 11.7. The number of nitrogens with zero attached hydrogens (tertiary/aromatic N) is 1. The second-order valence-corrected chi connectivity index (χ2v) is 3.28. The van der Waals surface area contributed by atoms with Crippen molar-refractivity contribution in [2.45, 2.75) is 13.3 Å². The van der Waals surface area contributed by atoms with Gasteiger partial charge in [-0.2, -0.15) is 0 Å². The Morgan fingerprint density at radius 3 is 2.44 bits per heavy atom. The fourth-order valence-corrected chi connectivity index (χ4v) is 1.32. The molecule has 1 aromatic rings. The highest BCUT2D eigenvalue weighted by Crippen LogP contribution is 2.10. The molecular weight excluding hydrogens is 208 g/mol. The summed E-state index contributed by atoms with van der Waals surface area (Å²) < 4.78 is 0. The molecule has 0 bridgehead atoms. The van der Waals surface area contributed by atoms with Crippen molar-refractivity contribution in [3.63, 3.8) is 0 Å². The number of carboxylic acid groups (broad SMARTS) is 1. The predicted molar refractivity (Wildman–Crippen MR) is 57.7 cm³/mol. The quantitative estimate of drug-likeness (QED) is 0.579. The van der Waals surface area contributed by atoms with Crippen molar-refractivity contribution in [3.8, 4) is 0 Å². The molecule has 0 aliphatic carbocycles. The number of pyridine rings is 1. The molecule has 5 nitrogen and oxygen atoms in total. The van der Waals surface area contributed by atoms with Gasteiger partial charge in [-0.25, -0.2) is 0 Å². The molecule has 0 aliphatic heterocycles. The van der Waals surface area contributed by atoms with E-state index in [1.807, 2.05) is 0 Å². The molecule has 0 amide bonds. The molecule has 1 heterocycles. The van der Waals surface area contributed by atoms with Crippen LogP contribution in [-0.2, 0) is 4.79 Å². The molecule has 0 radical (unpaired) electrons. The number of ketones is 1. The first kappa shape index (κ1) is 12.0. The smallest absolute Gasteiger partial charge is 0.312 e. The maximum absolute atomic E-state index is 11.7. The lowest BCUT2D eigenvalue weighted by Crippen LogP contribution is -2.29. The van der Waals surface area contributed by atoms with Crippen molar-refractivity contribution in [1.82, 2.24) is 4.98 Å². The lowest BCUT2D eigenvalue weighted by atomic mass is 9.94. The highest BCUT2D eigenvalue weighted by molar-refractivity contribution is 6.47. The third-order valence-corrected chi connectivity index (χ3v) is 2.24. The molecule has 1 rings (SSSR count). The molecule has 1 atom stereocenters. The predicted octanol–water partition coefficient (Wildman–Crippen LogP) is 1.39. The minimum absolute atomic E-state index is 0.227. The number of Topliss-reactive ketones (excluding diaryl/α,β-unsaturated/α-hetero) is 1. The molecule has 0 saturated carbocycles. The van der Waals surface area contributed by atoms with Gasteiger partial charge < -0.3 is 10.5 Å². The maximum Gasteiger partial charge on any atom is 0.312 e. The van der Waals surface area contributed by atoms with Gasteiger partial charge in [0.2, 0.25) is 5.78 Å². The zero-order valence-corrected chi connectivity index (χ0v) is 8.80. The minimum Gasteiger partial charge on any atom is -0.481 e. The number of carbonyl (C=O) groups excluding carboxylic acids is 1. The second kappa shape index (κ2) is 5.16. The minimum atomic E-state index is -1.14. The molecular formula is C11H12N2O3. The van der Waals surface area contributed by atoms with Crippen LogP contribution < -0.4 is 0 Å². The summed E-state index contributed by atoms with van der Waals surface area (Å²) >= 11 is 0. The molecule has 0 aliphatic rings. The van der Waals surface area contributed by atoms with Crippen molar-refractivity contribution in [1.29, 1.82) is 5.41 Å². The summed E-state index contributed by atoms with van der Waals surface area (Å²) in [7, 11) is 0. The van der Waals surface area contributed by atoms with Crippen LogP contribution in [0.25, 0.3) is 0 Å². The van der Waals surface area contributed by atoms with E-state index in [9.17, 15) is 9.59 Å². The van der Waals surface area contributed by atoms with E-state index in [0.717, 1.165) is 0 Å². The highest BCUT2D eigenvalue weighted by atomic mass is 16.4. The molecule has 84 valence electrons. The average Bonchev–Trinajstić information content (AvgIpc) is 2.29. The Morgan fingerprint density at radius 2 is 2.00 bits per heavy atom. The lowest BCUT2D eigenvalue weighted by molar-refractivity contribution is -0.139. The van der Waals surface area contributed by atoms with Gasteiger partial charge in [0.1, 0.15) is 5.92 Å². The summed E-state index contributed by atoms with van der Waals surface area (Å²) in [4.78, 5) is 26.3. The summed E-state index contributed by atoms with van der Waals surface area (Å²) in [5.74, 6) is -2.74. The first-order valence-electron chi connectivity index (χ1n) is 4.83. The number of hydrogen-bond acceptors (Lipinski definition) is 4. The highest BCUT2D eigenvalue weighted by Gasteiger charge is 2.26. The molecule has 0 spiro atoms. The van der Waals surface area contributed by atoms with Gasteiger partial charge in [-0.1, -0.05) is 6.92 Å². The number of carboxylic acids is 1. The Balaban J connectivity index is 2.90. The SMILES string of the molecule is CCC(C(=N)C(=O)c1ccncc1)C(=O)O. The second-order valence-electron chi connectivity index (χ2n) is 3.28. The van der Waals surface area contributed by atoms with Gasteiger partial charge in [0.25, 0.3) is 0 Å². The van der Waals surface area contributed by atoms with Gasteiger partial charge in [-0.05, 0) is 18.6 Å². The third kappa shape index (κ3) is 2.50. The molecule has 0 aromatic carbocycles. The van der Waals surface area contributed by atoms with E-state index in [-0.39, 0.29) is 12.1 Å². The van der Waals surface area contributed by atoms with E-state index in [1.54, 1.807) is 6.92 Å². The molecule has 1 unspecified atom stereocenters. The topological polar surface area (TPSA) is 91.1 Å². The van der Waals surface area contributed by atoms with Crippen LogP contribution in [0.2, 0.25) is 0 Å². The lowest BCUT2D eigenvalue weighted by Gasteiger charge is -2.09. The fourth-order valence-electron chi connectivity index (χ4n) is 1.32. The van der Waals surface area contributed by atoms with Gasteiger partial charge in [0.05, 0.1) is 5.71 Å². The summed E-state index contributed by atoms with van der Waals surface area (Å²) in [6, 6.07) is 2.93. The Bertz CT molecular complexity index is 414. The number of aliphatic carboxylic acids is 1. The van der Waals surface area contributed by atoms with Crippen molar-refractivity contribution in [2.75, 3.05) is 0 Å². The fraction of sp³-hybridized carbons (Fsp3) is 0.273.